The van der Waals surface area contributed by atoms with Crippen molar-refractivity contribution < 1.29 is 9.18 Å². The number of nitrogens with one attached hydrogen (secondary N) is 1. The molecule has 1 aliphatic rings. The van der Waals surface area contributed by atoms with E-state index >= 15 is 0 Å². The van der Waals surface area contributed by atoms with Gasteiger partial charge in [0.15, 0.2) is 0 Å². The van der Waals surface area contributed by atoms with Gasteiger partial charge in [0.25, 0.3) is 5.91 Å². The first-order chi connectivity index (χ1) is 9.98. The van der Waals surface area contributed by atoms with E-state index in [1.807, 2.05) is 0 Å². The first kappa shape index (κ1) is 15.5. The summed E-state index contributed by atoms with van der Waals surface area (Å²) in [6.45, 7) is 5.16. The van der Waals surface area contributed by atoms with Crippen LogP contribution < -0.4 is 11.1 Å². The molecular formula is C17H21FN2O. The van der Waals surface area contributed by atoms with Crippen LogP contribution in [0.5, 0.6) is 0 Å². The minimum absolute atomic E-state index is 0.203. The van der Waals surface area contributed by atoms with Gasteiger partial charge in [0.05, 0.1) is 12.1 Å². The second-order valence-electron chi connectivity index (χ2n) is 5.90. The van der Waals surface area contributed by atoms with Gasteiger partial charge in [-0.3, -0.25) is 4.79 Å². The van der Waals surface area contributed by atoms with Crippen LogP contribution in [0, 0.1) is 29.0 Å². The standard InChI is InChI=1S/C17H21FN2O/c1-12(2)17(7-8-17)11-20-16(21)15-10-14(18)6-5-13(15)4-3-9-19/h5-6,10,12H,7-9,11,19H2,1-2H3,(H,20,21). The molecule has 0 aromatic heterocycles. The van der Waals surface area contributed by atoms with Gasteiger partial charge in [-0.15, -0.1) is 0 Å². The Morgan fingerprint density at radius 1 is 1.48 bits per heavy atom. The largest absolute Gasteiger partial charge is 0.351 e. The van der Waals surface area contributed by atoms with Crippen LogP contribution in [0.2, 0.25) is 0 Å². The molecular weight excluding hydrogens is 267 g/mol. The first-order valence-electron chi connectivity index (χ1n) is 7.25. The third-order valence-electron chi connectivity index (χ3n) is 4.27. The molecule has 0 spiro atoms. The number of hydrogen-bond donors (Lipinski definition) is 2. The molecule has 112 valence electrons. The Morgan fingerprint density at radius 3 is 2.76 bits per heavy atom. The number of carbonyl (C=O) groups excluding carboxylic acids is 1. The van der Waals surface area contributed by atoms with E-state index in [-0.39, 0.29) is 23.4 Å². The lowest BCUT2D eigenvalue weighted by molar-refractivity contribution is 0.0939. The summed E-state index contributed by atoms with van der Waals surface area (Å²) in [5.41, 5.74) is 6.34. The molecule has 0 aliphatic heterocycles. The van der Waals surface area contributed by atoms with Gasteiger partial charge in [0.1, 0.15) is 5.82 Å². The summed E-state index contributed by atoms with van der Waals surface area (Å²) >= 11 is 0. The predicted octanol–water partition coefficient (Wildman–Crippen LogP) is 2.30. The highest BCUT2D eigenvalue weighted by molar-refractivity contribution is 5.96. The Balaban J connectivity index is 2.13. The third-order valence-corrected chi connectivity index (χ3v) is 4.27. The number of halogens is 1. The molecule has 3 nitrogen and oxygen atoms in total. The van der Waals surface area contributed by atoms with Gasteiger partial charge in [-0.05, 0) is 42.4 Å². The van der Waals surface area contributed by atoms with Crippen LogP contribution in [-0.4, -0.2) is 19.0 Å². The Labute approximate surface area is 125 Å². The molecule has 21 heavy (non-hydrogen) atoms. The van der Waals surface area contributed by atoms with E-state index in [1.165, 1.54) is 18.2 Å². The lowest BCUT2D eigenvalue weighted by atomic mass is 9.92. The van der Waals surface area contributed by atoms with Crippen molar-refractivity contribution in [1.82, 2.24) is 5.32 Å². The van der Waals surface area contributed by atoms with Crippen LogP contribution >= 0.6 is 0 Å². The second-order valence-corrected chi connectivity index (χ2v) is 5.90. The Bertz CT molecular complexity index is 595. The molecule has 1 saturated carbocycles. The molecule has 1 aromatic carbocycles. The highest BCUT2D eigenvalue weighted by atomic mass is 19.1. The van der Waals surface area contributed by atoms with Gasteiger partial charge in [0, 0.05) is 12.1 Å². The van der Waals surface area contributed by atoms with Crippen LogP contribution in [0.25, 0.3) is 0 Å². The molecule has 0 radical (unpaired) electrons. The molecule has 1 aromatic rings. The number of amides is 1. The highest BCUT2D eigenvalue weighted by Crippen LogP contribution is 2.51. The summed E-state index contributed by atoms with van der Waals surface area (Å²) in [5, 5.41) is 2.92. The minimum Gasteiger partial charge on any atom is -0.351 e. The topological polar surface area (TPSA) is 55.1 Å². The van der Waals surface area contributed by atoms with E-state index in [0.717, 1.165) is 12.8 Å². The van der Waals surface area contributed by atoms with E-state index in [4.69, 9.17) is 5.73 Å². The fraction of sp³-hybridized carbons (Fsp3) is 0.471. The van der Waals surface area contributed by atoms with Crippen molar-refractivity contribution in [2.75, 3.05) is 13.1 Å². The Kier molecular flexibility index (Phi) is 4.64. The van der Waals surface area contributed by atoms with Crippen molar-refractivity contribution in [2.45, 2.75) is 26.7 Å². The number of rotatable bonds is 4. The average molecular weight is 288 g/mol. The van der Waals surface area contributed by atoms with E-state index in [1.54, 1.807) is 0 Å². The van der Waals surface area contributed by atoms with Crippen molar-refractivity contribution in [3.63, 3.8) is 0 Å². The van der Waals surface area contributed by atoms with Crippen molar-refractivity contribution in [2.24, 2.45) is 17.1 Å². The zero-order chi connectivity index (χ0) is 15.5. The van der Waals surface area contributed by atoms with Crippen LogP contribution in [0.4, 0.5) is 4.39 Å². The predicted molar refractivity (Wildman–Crippen MR) is 81.2 cm³/mol. The van der Waals surface area contributed by atoms with Crippen molar-refractivity contribution >= 4 is 5.91 Å². The van der Waals surface area contributed by atoms with Gasteiger partial charge in [0.2, 0.25) is 0 Å². The third kappa shape index (κ3) is 3.62. The molecule has 1 fully saturated rings. The molecule has 0 heterocycles. The molecule has 1 amide bonds. The Hall–Kier alpha value is -1.86. The lowest BCUT2D eigenvalue weighted by Gasteiger charge is -2.20. The van der Waals surface area contributed by atoms with Crippen molar-refractivity contribution in [3.8, 4) is 11.8 Å². The molecule has 0 saturated heterocycles. The quantitative estimate of drug-likeness (QED) is 0.835. The van der Waals surface area contributed by atoms with Gasteiger partial charge in [-0.25, -0.2) is 4.39 Å². The Morgan fingerprint density at radius 2 is 2.19 bits per heavy atom. The van der Waals surface area contributed by atoms with Gasteiger partial charge in [-0.1, -0.05) is 25.7 Å². The van der Waals surface area contributed by atoms with Crippen molar-refractivity contribution in [3.05, 3.63) is 35.1 Å². The molecule has 1 aliphatic carbocycles. The smallest absolute Gasteiger partial charge is 0.252 e. The second kappa shape index (κ2) is 6.28. The summed E-state index contributed by atoms with van der Waals surface area (Å²) in [7, 11) is 0. The maximum absolute atomic E-state index is 13.4. The maximum Gasteiger partial charge on any atom is 0.252 e. The van der Waals surface area contributed by atoms with Gasteiger partial charge in [-0.2, -0.15) is 0 Å². The van der Waals surface area contributed by atoms with Crippen molar-refractivity contribution in [1.29, 1.82) is 0 Å². The zero-order valence-electron chi connectivity index (χ0n) is 12.5. The normalized spacial score (nSPS) is 15.3. The summed E-state index contributed by atoms with van der Waals surface area (Å²) in [5.74, 6) is 5.32. The molecule has 0 unspecified atom stereocenters. The van der Waals surface area contributed by atoms with E-state index in [2.05, 4.69) is 31.0 Å². The summed E-state index contributed by atoms with van der Waals surface area (Å²) in [6, 6.07) is 4.04. The zero-order valence-corrected chi connectivity index (χ0v) is 12.5. The van der Waals surface area contributed by atoms with Crippen LogP contribution in [-0.2, 0) is 0 Å². The average Bonchev–Trinajstić information content (AvgIpc) is 3.24. The number of carbonyl (C=O) groups is 1. The highest BCUT2D eigenvalue weighted by Gasteiger charge is 2.45. The molecule has 0 bridgehead atoms. The number of benzene rings is 1. The molecule has 0 atom stereocenters. The fourth-order valence-electron chi connectivity index (χ4n) is 2.43. The summed E-state index contributed by atoms with van der Waals surface area (Å²) in [4.78, 5) is 12.3. The molecule has 3 N–H and O–H groups in total. The monoisotopic (exact) mass is 288 g/mol. The van der Waals surface area contributed by atoms with Gasteiger partial charge < -0.3 is 11.1 Å². The summed E-state index contributed by atoms with van der Waals surface area (Å²) in [6.07, 6.45) is 2.27. The number of hydrogen-bond acceptors (Lipinski definition) is 2. The first-order valence-corrected chi connectivity index (χ1v) is 7.25. The van der Waals surface area contributed by atoms with E-state index < -0.39 is 5.82 Å². The van der Waals surface area contributed by atoms with E-state index in [0.29, 0.717) is 18.0 Å². The van der Waals surface area contributed by atoms with Crippen LogP contribution in [0.3, 0.4) is 0 Å². The van der Waals surface area contributed by atoms with Gasteiger partial charge >= 0.3 is 0 Å². The summed E-state index contributed by atoms with van der Waals surface area (Å²) < 4.78 is 13.4. The van der Waals surface area contributed by atoms with Crippen LogP contribution in [0.15, 0.2) is 18.2 Å². The minimum atomic E-state index is -0.441. The SMILES string of the molecule is CC(C)C1(CNC(=O)c2cc(F)ccc2C#CCN)CC1. The van der Waals surface area contributed by atoms with E-state index in [9.17, 15) is 9.18 Å². The lowest BCUT2D eigenvalue weighted by Crippen LogP contribution is -2.33. The number of nitrogens with two attached hydrogens (primary N) is 1. The molecule has 2 rings (SSSR count). The van der Waals surface area contributed by atoms with Crippen LogP contribution in [0.1, 0.15) is 42.6 Å². The maximum atomic E-state index is 13.4. The molecule has 4 heteroatoms. The fourth-order valence-corrected chi connectivity index (χ4v) is 2.43.